The first kappa shape index (κ1) is 16.4. The number of carbonyl (C=O) groups is 1. The van der Waals surface area contributed by atoms with Gasteiger partial charge in [0, 0.05) is 38.2 Å². The van der Waals surface area contributed by atoms with Crippen molar-refractivity contribution in [3.05, 3.63) is 54.1 Å². The van der Waals surface area contributed by atoms with E-state index < -0.39 is 5.91 Å². The molecule has 1 amide bonds. The number of rotatable bonds is 5. The Balaban J connectivity index is 1.72. The lowest BCUT2D eigenvalue weighted by Crippen LogP contribution is -2.44. The Hall–Kier alpha value is -2.51. The highest BCUT2D eigenvalue weighted by Crippen LogP contribution is 2.21. The van der Waals surface area contributed by atoms with Crippen LogP contribution in [-0.4, -0.2) is 58.7 Å². The molecule has 0 radical (unpaired) electrons. The van der Waals surface area contributed by atoms with E-state index in [-0.39, 0.29) is 17.5 Å². The lowest BCUT2D eigenvalue weighted by Gasteiger charge is -2.34. The van der Waals surface area contributed by atoms with Gasteiger partial charge in [-0.2, -0.15) is 0 Å². The van der Waals surface area contributed by atoms with E-state index in [1.807, 2.05) is 18.3 Å². The van der Waals surface area contributed by atoms with Crippen LogP contribution in [0.1, 0.15) is 22.1 Å². The van der Waals surface area contributed by atoms with E-state index in [2.05, 4.69) is 20.2 Å². The molecule has 2 aromatic heterocycles. The fourth-order valence-electron chi connectivity index (χ4n) is 2.76. The average molecular weight is 328 g/mol. The monoisotopic (exact) mass is 328 g/mol. The number of aromatic hydroxyl groups is 1. The van der Waals surface area contributed by atoms with Gasteiger partial charge in [-0.25, -0.2) is 4.98 Å². The molecule has 0 aromatic carbocycles. The predicted molar refractivity (Wildman–Crippen MR) is 87.6 cm³/mol. The molecular formula is C17H20N4O3. The smallest absolute Gasteiger partial charge is 0.273 e. The standard InChI is InChI=1S/C17H20N4O3/c22-15-4-2-6-19-16(15)17(23)20-12-14(13-3-1-5-18-11-13)21-7-9-24-10-8-21/h1-6,11,14,22H,7-10,12H2,(H,20,23)/t14-/m0/s1. The molecule has 0 aliphatic carbocycles. The summed E-state index contributed by atoms with van der Waals surface area (Å²) in [7, 11) is 0. The van der Waals surface area contributed by atoms with Crippen molar-refractivity contribution >= 4 is 5.91 Å². The fraction of sp³-hybridized carbons (Fsp3) is 0.353. The molecule has 126 valence electrons. The Morgan fingerprint density at radius 3 is 2.79 bits per heavy atom. The zero-order chi connectivity index (χ0) is 16.8. The number of carbonyl (C=O) groups excluding carboxylic acids is 1. The van der Waals surface area contributed by atoms with Crippen molar-refractivity contribution < 1.29 is 14.6 Å². The highest BCUT2D eigenvalue weighted by molar-refractivity contribution is 5.94. The van der Waals surface area contributed by atoms with Crippen molar-refractivity contribution in [1.82, 2.24) is 20.2 Å². The summed E-state index contributed by atoms with van der Waals surface area (Å²) < 4.78 is 5.41. The van der Waals surface area contributed by atoms with Gasteiger partial charge in [0.2, 0.25) is 0 Å². The maximum absolute atomic E-state index is 12.3. The van der Waals surface area contributed by atoms with Gasteiger partial charge in [0.05, 0.1) is 19.3 Å². The Morgan fingerprint density at radius 1 is 1.29 bits per heavy atom. The van der Waals surface area contributed by atoms with Crippen molar-refractivity contribution in [2.24, 2.45) is 0 Å². The van der Waals surface area contributed by atoms with Crippen LogP contribution >= 0.6 is 0 Å². The third-order valence-corrected chi connectivity index (χ3v) is 4.01. The van der Waals surface area contributed by atoms with E-state index >= 15 is 0 Å². The van der Waals surface area contributed by atoms with Crippen molar-refractivity contribution in [2.45, 2.75) is 6.04 Å². The molecule has 7 heteroatoms. The predicted octanol–water partition coefficient (Wildman–Crippen LogP) is 0.985. The largest absolute Gasteiger partial charge is 0.505 e. The summed E-state index contributed by atoms with van der Waals surface area (Å²) in [6.45, 7) is 3.34. The van der Waals surface area contributed by atoms with Crippen molar-refractivity contribution in [3.63, 3.8) is 0 Å². The number of nitrogens with one attached hydrogen (secondary N) is 1. The molecule has 1 saturated heterocycles. The number of hydrogen-bond acceptors (Lipinski definition) is 6. The summed E-state index contributed by atoms with van der Waals surface area (Å²) in [6, 6.07) is 6.91. The van der Waals surface area contributed by atoms with E-state index in [1.165, 1.54) is 12.3 Å². The maximum Gasteiger partial charge on any atom is 0.273 e. The summed E-state index contributed by atoms with van der Waals surface area (Å²) >= 11 is 0. The number of amides is 1. The molecule has 7 nitrogen and oxygen atoms in total. The molecule has 0 spiro atoms. The minimum absolute atomic E-state index is 0.00240. The number of hydrogen-bond donors (Lipinski definition) is 2. The first-order chi connectivity index (χ1) is 11.8. The molecule has 3 heterocycles. The van der Waals surface area contributed by atoms with Crippen LogP contribution in [0.5, 0.6) is 5.75 Å². The fourth-order valence-corrected chi connectivity index (χ4v) is 2.76. The number of pyridine rings is 2. The van der Waals surface area contributed by atoms with E-state index in [9.17, 15) is 9.90 Å². The first-order valence-electron chi connectivity index (χ1n) is 7.89. The third kappa shape index (κ3) is 3.87. The Morgan fingerprint density at radius 2 is 2.08 bits per heavy atom. The Bertz CT molecular complexity index is 675. The van der Waals surface area contributed by atoms with Gasteiger partial charge in [-0.15, -0.1) is 0 Å². The van der Waals surface area contributed by atoms with Gasteiger partial charge >= 0.3 is 0 Å². The quantitative estimate of drug-likeness (QED) is 0.851. The molecular weight excluding hydrogens is 308 g/mol. The summed E-state index contributed by atoms with van der Waals surface area (Å²) in [4.78, 5) is 22.7. The van der Waals surface area contributed by atoms with Crippen molar-refractivity contribution in [2.75, 3.05) is 32.8 Å². The van der Waals surface area contributed by atoms with Crippen LogP contribution < -0.4 is 5.32 Å². The second-order valence-corrected chi connectivity index (χ2v) is 5.53. The van der Waals surface area contributed by atoms with Gasteiger partial charge in [-0.1, -0.05) is 6.07 Å². The second-order valence-electron chi connectivity index (χ2n) is 5.53. The van der Waals surface area contributed by atoms with Crippen LogP contribution in [0.2, 0.25) is 0 Å². The SMILES string of the molecule is O=C(NC[C@@H](c1cccnc1)N1CCOCC1)c1ncccc1O. The summed E-state index contributed by atoms with van der Waals surface area (Å²) in [5.41, 5.74) is 1.06. The van der Waals surface area contributed by atoms with Gasteiger partial charge < -0.3 is 15.2 Å². The minimum atomic E-state index is -0.393. The van der Waals surface area contributed by atoms with E-state index in [0.29, 0.717) is 19.8 Å². The van der Waals surface area contributed by atoms with Gasteiger partial charge in [0.15, 0.2) is 5.69 Å². The van der Waals surface area contributed by atoms with Crippen LogP contribution in [0.25, 0.3) is 0 Å². The zero-order valence-corrected chi connectivity index (χ0v) is 13.3. The van der Waals surface area contributed by atoms with Crippen LogP contribution in [-0.2, 0) is 4.74 Å². The van der Waals surface area contributed by atoms with E-state index in [0.717, 1.165) is 18.7 Å². The van der Waals surface area contributed by atoms with Crippen LogP contribution in [0.4, 0.5) is 0 Å². The second kappa shape index (κ2) is 7.85. The minimum Gasteiger partial charge on any atom is -0.505 e. The van der Waals surface area contributed by atoms with Crippen LogP contribution in [0.3, 0.4) is 0 Å². The maximum atomic E-state index is 12.3. The number of nitrogens with zero attached hydrogens (tertiary/aromatic N) is 3. The van der Waals surface area contributed by atoms with Crippen molar-refractivity contribution in [3.8, 4) is 5.75 Å². The molecule has 2 aromatic rings. The molecule has 3 rings (SSSR count). The zero-order valence-electron chi connectivity index (χ0n) is 13.3. The molecule has 1 aliphatic heterocycles. The summed E-state index contributed by atoms with van der Waals surface area (Å²) in [6.07, 6.45) is 5.02. The van der Waals surface area contributed by atoms with Gasteiger partial charge in [-0.3, -0.25) is 14.7 Å². The van der Waals surface area contributed by atoms with Crippen LogP contribution in [0, 0.1) is 0 Å². The molecule has 0 saturated carbocycles. The Labute approximate surface area is 140 Å². The molecule has 24 heavy (non-hydrogen) atoms. The first-order valence-corrected chi connectivity index (χ1v) is 7.89. The highest BCUT2D eigenvalue weighted by atomic mass is 16.5. The number of ether oxygens (including phenoxy) is 1. The number of morpholine rings is 1. The third-order valence-electron chi connectivity index (χ3n) is 4.01. The molecule has 2 N–H and O–H groups in total. The lowest BCUT2D eigenvalue weighted by molar-refractivity contribution is 0.0161. The summed E-state index contributed by atoms with van der Waals surface area (Å²) in [5.74, 6) is -0.519. The average Bonchev–Trinajstić information content (AvgIpc) is 2.64. The van der Waals surface area contributed by atoms with Gasteiger partial charge in [0.25, 0.3) is 5.91 Å². The van der Waals surface area contributed by atoms with Crippen molar-refractivity contribution in [1.29, 1.82) is 0 Å². The topological polar surface area (TPSA) is 87.6 Å². The van der Waals surface area contributed by atoms with Gasteiger partial charge in [-0.05, 0) is 23.8 Å². The molecule has 1 atom stereocenters. The number of aromatic nitrogens is 2. The summed E-state index contributed by atoms with van der Waals surface area (Å²) in [5, 5.41) is 12.6. The molecule has 1 aliphatic rings. The van der Waals surface area contributed by atoms with Crippen LogP contribution in [0.15, 0.2) is 42.9 Å². The molecule has 0 bridgehead atoms. The van der Waals surface area contributed by atoms with E-state index in [4.69, 9.17) is 4.74 Å². The lowest BCUT2D eigenvalue weighted by atomic mass is 10.1. The van der Waals surface area contributed by atoms with E-state index in [1.54, 1.807) is 12.3 Å². The normalized spacial score (nSPS) is 16.5. The molecule has 0 unspecified atom stereocenters. The molecule has 1 fully saturated rings. The van der Waals surface area contributed by atoms with Gasteiger partial charge in [0.1, 0.15) is 5.75 Å². The Kier molecular flexibility index (Phi) is 5.35. The highest BCUT2D eigenvalue weighted by Gasteiger charge is 2.24.